The number of nitrogen functional groups attached to an aromatic ring is 1. The highest BCUT2D eigenvalue weighted by molar-refractivity contribution is 7.99. The minimum atomic E-state index is -0.526. The van der Waals surface area contributed by atoms with Crippen molar-refractivity contribution in [1.29, 1.82) is 0 Å². The Morgan fingerprint density at radius 2 is 1.89 bits per heavy atom. The van der Waals surface area contributed by atoms with Gasteiger partial charge in [0, 0.05) is 30.2 Å². The van der Waals surface area contributed by atoms with E-state index < -0.39 is 5.60 Å². The second-order valence-corrected chi connectivity index (χ2v) is 11.3. The molecule has 3 aromatic rings. The quantitative estimate of drug-likeness (QED) is 0.505. The van der Waals surface area contributed by atoms with E-state index in [0.29, 0.717) is 16.2 Å². The molecule has 3 N–H and O–H groups in total. The van der Waals surface area contributed by atoms with Crippen molar-refractivity contribution < 1.29 is 9.53 Å². The highest BCUT2D eigenvalue weighted by atomic mass is 35.5. The monoisotopic (exact) mass is 515 g/mol. The smallest absolute Gasteiger partial charge is 0.407 e. The maximum atomic E-state index is 12.3. The number of rotatable bonds is 4. The Kier molecular flexibility index (Phi) is 7.23. The van der Waals surface area contributed by atoms with Gasteiger partial charge in [-0.05, 0) is 50.8 Å². The van der Waals surface area contributed by atoms with Crippen LogP contribution in [0.5, 0.6) is 0 Å². The van der Waals surface area contributed by atoms with Crippen LogP contribution in [0.25, 0.3) is 11.2 Å². The first-order valence-electron chi connectivity index (χ1n) is 11.5. The minimum absolute atomic E-state index is 0.0183. The van der Waals surface area contributed by atoms with Crippen molar-refractivity contribution in [3.05, 3.63) is 35.6 Å². The van der Waals surface area contributed by atoms with Gasteiger partial charge in [-0.1, -0.05) is 37.2 Å². The van der Waals surface area contributed by atoms with Crippen molar-refractivity contribution in [2.75, 3.05) is 23.7 Å². The fraction of sp³-hybridized carbons (Fsp3) is 0.458. The number of anilines is 2. The van der Waals surface area contributed by atoms with E-state index >= 15 is 0 Å². The van der Waals surface area contributed by atoms with Crippen LogP contribution in [0.15, 0.2) is 40.5 Å². The molecule has 1 fully saturated rings. The third kappa shape index (κ3) is 6.05. The number of nitrogens with one attached hydrogen (secondary N) is 1. The molecule has 0 aromatic carbocycles. The van der Waals surface area contributed by atoms with Crippen molar-refractivity contribution >= 4 is 52.3 Å². The van der Waals surface area contributed by atoms with Crippen LogP contribution in [0, 0.1) is 11.8 Å². The molecule has 0 aliphatic carbocycles. The molecule has 11 heteroatoms. The maximum Gasteiger partial charge on any atom is 0.407 e. The summed E-state index contributed by atoms with van der Waals surface area (Å²) in [7, 11) is 0. The number of ether oxygens (including phenoxy) is 1. The van der Waals surface area contributed by atoms with Gasteiger partial charge in [0.05, 0.1) is 11.2 Å². The van der Waals surface area contributed by atoms with Crippen molar-refractivity contribution in [3.63, 3.8) is 0 Å². The highest BCUT2D eigenvalue weighted by Crippen LogP contribution is 2.35. The SMILES string of the molecule is C[C@@H]1CN(c2cnc3nc(Sc4ccnc(N)c4Cl)ccc3n2)C[C@H](C)[C@H]1NC(=O)OC(C)(C)C. The Balaban J connectivity index is 1.46. The molecule has 4 heterocycles. The number of alkyl carbamates (subject to hydrolysis) is 1. The number of nitrogens with two attached hydrogens (primary N) is 1. The lowest BCUT2D eigenvalue weighted by Gasteiger charge is -2.42. The Hall–Kier alpha value is -2.85. The number of hydrogen-bond acceptors (Lipinski definition) is 9. The van der Waals surface area contributed by atoms with Crippen LogP contribution in [0.4, 0.5) is 16.4 Å². The number of nitrogens with zero attached hydrogens (tertiary/aromatic N) is 5. The van der Waals surface area contributed by atoms with Gasteiger partial charge in [-0.3, -0.25) is 0 Å². The molecule has 1 aliphatic heterocycles. The molecule has 0 spiro atoms. The third-order valence-corrected chi connectivity index (χ3v) is 7.22. The van der Waals surface area contributed by atoms with Crippen molar-refractivity contribution in [2.45, 2.75) is 56.2 Å². The number of amides is 1. The molecule has 0 bridgehead atoms. The summed E-state index contributed by atoms with van der Waals surface area (Å²) >= 11 is 7.66. The molecule has 0 unspecified atom stereocenters. The standard InChI is InChI=1S/C24H30ClN7O2S/c1-13-11-32(12-14(2)20(13)31-23(33)34-24(3,4)5)17-10-28-22-15(29-17)6-7-18(30-22)35-16-8-9-27-21(26)19(16)25/h6-10,13-14,20H,11-12H2,1-5H3,(H2,26,27)(H,31,33)/t13-,14+,20+. The Morgan fingerprint density at radius 3 is 2.57 bits per heavy atom. The number of carbonyl (C=O) groups excluding carboxylic acids is 1. The Labute approximate surface area is 214 Å². The first-order valence-corrected chi connectivity index (χ1v) is 12.7. The van der Waals surface area contributed by atoms with Crippen molar-refractivity contribution in [3.8, 4) is 0 Å². The van der Waals surface area contributed by atoms with E-state index in [1.54, 1.807) is 18.5 Å². The van der Waals surface area contributed by atoms with E-state index in [9.17, 15) is 4.79 Å². The molecule has 35 heavy (non-hydrogen) atoms. The zero-order chi connectivity index (χ0) is 25.3. The molecule has 1 saturated heterocycles. The fourth-order valence-corrected chi connectivity index (χ4v) is 5.24. The molecular weight excluding hydrogens is 486 g/mol. The van der Waals surface area contributed by atoms with Crippen LogP contribution in [-0.4, -0.2) is 50.8 Å². The largest absolute Gasteiger partial charge is 0.444 e. The molecule has 4 rings (SSSR count). The second kappa shape index (κ2) is 10.0. The molecular formula is C24H30ClN7O2S. The third-order valence-electron chi connectivity index (χ3n) is 5.71. The van der Waals surface area contributed by atoms with E-state index in [1.807, 2.05) is 32.9 Å². The van der Waals surface area contributed by atoms with Gasteiger partial charge >= 0.3 is 6.09 Å². The summed E-state index contributed by atoms with van der Waals surface area (Å²) < 4.78 is 5.44. The minimum Gasteiger partial charge on any atom is -0.444 e. The van der Waals surface area contributed by atoms with Gasteiger partial charge in [0.2, 0.25) is 0 Å². The van der Waals surface area contributed by atoms with Gasteiger partial charge in [0.1, 0.15) is 27.8 Å². The van der Waals surface area contributed by atoms with Crippen LogP contribution in [0.3, 0.4) is 0 Å². The van der Waals surface area contributed by atoms with E-state index in [2.05, 4.69) is 39.0 Å². The lowest BCUT2D eigenvalue weighted by Crippen LogP contribution is -2.55. The zero-order valence-corrected chi connectivity index (χ0v) is 22.0. The number of hydrogen-bond donors (Lipinski definition) is 2. The van der Waals surface area contributed by atoms with Gasteiger partial charge in [-0.2, -0.15) is 0 Å². The predicted molar refractivity (Wildman–Crippen MR) is 139 cm³/mol. The lowest BCUT2D eigenvalue weighted by atomic mass is 9.86. The normalized spacial score (nSPS) is 20.6. The topological polar surface area (TPSA) is 119 Å². The molecule has 186 valence electrons. The summed E-state index contributed by atoms with van der Waals surface area (Å²) in [6.07, 6.45) is 2.99. The average Bonchev–Trinajstić information content (AvgIpc) is 2.77. The summed E-state index contributed by atoms with van der Waals surface area (Å²) in [6.45, 7) is 11.3. The van der Waals surface area contributed by atoms with Crippen LogP contribution < -0.4 is 16.0 Å². The van der Waals surface area contributed by atoms with E-state index in [0.717, 1.165) is 28.8 Å². The van der Waals surface area contributed by atoms with Crippen LogP contribution in [0.1, 0.15) is 34.6 Å². The van der Waals surface area contributed by atoms with E-state index in [-0.39, 0.29) is 29.8 Å². The van der Waals surface area contributed by atoms with Crippen LogP contribution in [-0.2, 0) is 4.74 Å². The van der Waals surface area contributed by atoms with E-state index in [1.165, 1.54) is 11.8 Å². The predicted octanol–water partition coefficient (Wildman–Crippen LogP) is 4.79. The first-order chi connectivity index (χ1) is 16.5. The second-order valence-electron chi connectivity index (χ2n) is 9.86. The van der Waals surface area contributed by atoms with E-state index in [4.69, 9.17) is 27.1 Å². The number of carbonyl (C=O) groups is 1. The van der Waals surface area contributed by atoms with Crippen molar-refractivity contribution in [2.24, 2.45) is 11.8 Å². The van der Waals surface area contributed by atoms with Gasteiger partial charge < -0.3 is 20.7 Å². The molecule has 0 radical (unpaired) electrons. The Bertz CT molecular complexity index is 1220. The highest BCUT2D eigenvalue weighted by Gasteiger charge is 2.34. The number of piperidine rings is 1. The number of aromatic nitrogens is 4. The first kappa shape index (κ1) is 25.2. The molecule has 3 aromatic heterocycles. The summed E-state index contributed by atoms with van der Waals surface area (Å²) in [5.74, 6) is 1.49. The number of pyridine rings is 2. The molecule has 9 nitrogen and oxygen atoms in total. The van der Waals surface area contributed by atoms with Gasteiger partial charge in [0.25, 0.3) is 0 Å². The molecule has 0 saturated carbocycles. The molecule has 1 amide bonds. The van der Waals surface area contributed by atoms with Gasteiger partial charge in [-0.25, -0.2) is 24.7 Å². The van der Waals surface area contributed by atoms with Crippen molar-refractivity contribution in [1.82, 2.24) is 25.3 Å². The Morgan fingerprint density at radius 1 is 1.17 bits per heavy atom. The number of fused-ring (bicyclic) bond motifs is 1. The maximum absolute atomic E-state index is 12.3. The van der Waals surface area contributed by atoms with Crippen LogP contribution in [0.2, 0.25) is 5.02 Å². The lowest BCUT2D eigenvalue weighted by molar-refractivity contribution is 0.0457. The molecule has 3 atom stereocenters. The zero-order valence-electron chi connectivity index (χ0n) is 20.4. The summed E-state index contributed by atoms with van der Waals surface area (Å²) in [4.78, 5) is 33.3. The van der Waals surface area contributed by atoms with Gasteiger partial charge in [-0.15, -0.1) is 0 Å². The molecule has 1 aliphatic rings. The average molecular weight is 516 g/mol. The summed E-state index contributed by atoms with van der Waals surface area (Å²) in [5, 5.41) is 4.20. The van der Waals surface area contributed by atoms with Gasteiger partial charge in [0.15, 0.2) is 5.65 Å². The summed E-state index contributed by atoms with van der Waals surface area (Å²) in [5.41, 5.74) is 6.54. The summed E-state index contributed by atoms with van der Waals surface area (Å²) in [6, 6.07) is 5.61. The fourth-order valence-electron chi connectivity index (χ4n) is 4.19. The number of halogens is 1. The van der Waals surface area contributed by atoms with Crippen LogP contribution >= 0.6 is 23.4 Å².